The Balaban J connectivity index is 1.86. The Morgan fingerprint density at radius 3 is 2.86 bits per heavy atom. The first-order valence-corrected chi connectivity index (χ1v) is 7.66. The fourth-order valence-corrected chi connectivity index (χ4v) is 3.26. The van der Waals surface area contributed by atoms with E-state index < -0.39 is 12.2 Å². The minimum Gasteiger partial charge on any atom is -0.390 e. The predicted molar refractivity (Wildman–Crippen MR) is 83.4 cm³/mol. The molecule has 7 heteroatoms. The van der Waals surface area contributed by atoms with Gasteiger partial charge in [-0.05, 0) is 18.6 Å². The summed E-state index contributed by atoms with van der Waals surface area (Å²) in [6.45, 7) is 4.82. The second-order valence-corrected chi connectivity index (χ2v) is 6.35. The van der Waals surface area contributed by atoms with Crippen molar-refractivity contribution in [3.8, 4) is 0 Å². The number of hydrogen-bond acceptors (Lipinski definition) is 6. The molecule has 7 nitrogen and oxygen atoms in total. The van der Waals surface area contributed by atoms with Gasteiger partial charge < -0.3 is 21.3 Å². The minimum absolute atomic E-state index is 0.0205. The molecule has 1 aliphatic rings. The van der Waals surface area contributed by atoms with Gasteiger partial charge in [-0.15, -0.1) is 0 Å². The van der Waals surface area contributed by atoms with Crippen LogP contribution in [0.15, 0.2) is 18.5 Å². The number of aromatic nitrogens is 3. The molecule has 0 amide bonds. The Kier molecular flexibility index (Phi) is 4.03. The molecule has 1 fully saturated rings. The zero-order valence-electron chi connectivity index (χ0n) is 12.8. The van der Waals surface area contributed by atoms with Crippen LogP contribution >= 0.6 is 0 Å². The third-order valence-electron chi connectivity index (χ3n) is 4.48. The van der Waals surface area contributed by atoms with Crippen molar-refractivity contribution in [2.45, 2.75) is 44.4 Å². The van der Waals surface area contributed by atoms with Crippen LogP contribution < -0.4 is 11.1 Å². The van der Waals surface area contributed by atoms with Gasteiger partial charge in [-0.1, -0.05) is 13.8 Å². The summed E-state index contributed by atoms with van der Waals surface area (Å²) in [5.41, 5.74) is 7.43. The molecule has 5 N–H and O–H groups in total. The Hall–Kier alpha value is -1.70. The Labute approximate surface area is 129 Å². The van der Waals surface area contributed by atoms with Gasteiger partial charge in [0.1, 0.15) is 11.8 Å². The van der Waals surface area contributed by atoms with E-state index in [4.69, 9.17) is 5.73 Å². The molecule has 2 aromatic heterocycles. The smallest absolute Gasteiger partial charge is 0.151 e. The lowest BCUT2D eigenvalue weighted by Crippen LogP contribution is -2.35. The van der Waals surface area contributed by atoms with Crippen LogP contribution in [-0.4, -0.2) is 49.6 Å². The largest absolute Gasteiger partial charge is 0.390 e. The van der Waals surface area contributed by atoms with E-state index in [1.165, 1.54) is 6.33 Å². The fraction of sp³-hybridized carbons (Fsp3) is 0.600. The van der Waals surface area contributed by atoms with Gasteiger partial charge in [-0.2, -0.15) is 5.10 Å². The van der Waals surface area contributed by atoms with Crippen molar-refractivity contribution in [1.82, 2.24) is 19.9 Å². The number of anilines is 1. The highest BCUT2D eigenvalue weighted by Gasteiger charge is 2.43. The van der Waals surface area contributed by atoms with Crippen LogP contribution in [0.3, 0.4) is 0 Å². The SMILES string of the molecule is CC(C)NC[C@H]1C[C@@H](c2ccc3c(N)ncnn23)[C@H](O)[C@@H]1O. The Morgan fingerprint density at radius 1 is 1.36 bits per heavy atom. The minimum atomic E-state index is -0.798. The zero-order valence-corrected chi connectivity index (χ0v) is 12.8. The van der Waals surface area contributed by atoms with Crippen molar-refractivity contribution < 1.29 is 10.2 Å². The highest BCUT2D eigenvalue weighted by atomic mass is 16.3. The van der Waals surface area contributed by atoms with E-state index in [0.29, 0.717) is 24.8 Å². The number of nitrogens with one attached hydrogen (secondary N) is 1. The van der Waals surface area contributed by atoms with Gasteiger partial charge in [-0.25, -0.2) is 9.50 Å². The van der Waals surface area contributed by atoms with Crippen molar-refractivity contribution in [2.75, 3.05) is 12.3 Å². The highest BCUT2D eigenvalue weighted by molar-refractivity contribution is 5.65. The second-order valence-electron chi connectivity index (χ2n) is 6.35. The number of nitrogens with two attached hydrogens (primary N) is 1. The molecule has 120 valence electrons. The summed E-state index contributed by atoms with van der Waals surface area (Å²) in [6, 6.07) is 4.10. The van der Waals surface area contributed by atoms with Crippen LogP contribution in [0.2, 0.25) is 0 Å². The summed E-state index contributed by atoms with van der Waals surface area (Å²) >= 11 is 0. The van der Waals surface area contributed by atoms with E-state index >= 15 is 0 Å². The molecule has 0 bridgehead atoms. The lowest BCUT2D eigenvalue weighted by atomic mass is 10.0. The second kappa shape index (κ2) is 5.83. The summed E-state index contributed by atoms with van der Waals surface area (Å²) in [6.07, 6.45) is 0.577. The predicted octanol–water partition coefficient (Wildman–Crippen LogP) is 0.135. The lowest BCUT2D eigenvalue weighted by Gasteiger charge is -2.18. The Bertz CT molecular complexity index is 656. The average molecular weight is 305 g/mol. The van der Waals surface area contributed by atoms with Crippen molar-refractivity contribution in [2.24, 2.45) is 5.92 Å². The zero-order chi connectivity index (χ0) is 15.9. The Morgan fingerprint density at radius 2 is 2.14 bits per heavy atom. The molecule has 0 aliphatic heterocycles. The monoisotopic (exact) mass is 305 g/mol. The average Bonchev–Trinajstić information content (AvgIpc) is 3.01. The molecule has 3 rings (SSSR count). The molecular formula is C15H23N5O2. The molecule has 1 saturated carbocycles. The molecule has 22 heavy (non-hydrogen) atoms. The van der Waals surface area contributed by atoms with E-state index in [-0.39, 0.29) is 11.8 Å². The van der Waals surface area contributed by atoms with E-state index in [1.807, 2.05) is 12.1 Å². The van der Waals surface area contributed by atoms with Crippen LogP contribution in [0.25, 0.3) is 5.52 Å². The van der Waals surface area contributed by atoms with Crippen LogP contribution in [0, 0.1) is 5.92 Å². The van der Waals surface area contributed by atoms with Crippen molar-refractivity contribution >= 4 is 11.3 Å². The first-order chi connectivity index (χ1) is 10.5. The first kappa shape index (κ1) is 15.2. The quantitative estimate of drug-likeness (QED) is 0.639. The molecule has 0 aromatic carbocycles. The number of fused-ring (bicyclic) bond motifs is 1. The standard InChI is InChI=1S/C15H23N5O2/c1-8(2)17-6-9-5-10(14(22)13(9)21)11-3-4-12-15(16)18-7-19-20(11)12/h3-4,7-10,13-14,17,21-22H,5-6H2,1-2H3,(H2,16,18,19)/t9-,10+,13-,14+/m1/s1. The van der Waals surface area contributed by atoms with E-state index in [1.54, 1.807) is 4.52 Å². The van der Waals surface area contributed by atoms with Gasteiger partial charge in [-0.3, -0.25) is 0 Å². The summed E-state index contributed by atoms with van der Waals surface area (Å²) in [5.74, 6) is 0.269. The number of nitrogens with zero attached hydrogens (tertiary/aromatic N) is 3. The number of rotatable bonds is 4. The molecule has 4 atom stereocenters. The normalized spacial score (nSPS) is 28.8. The third-order valence-corrected chi connectivity index (χ3v) is 4.48. The molecular weight excluding hydrogens is 282 g/mol. The topological polar surface area (TPSA) is 109 Å². The van der Waals surface area contributed by atoms with E-state index in [0.717, 1.165) is 11.2 Å². The number of aliphatic hydroxyl groups is 2. The lowest BCUT2D eigenvalue weighted by molar-refractivity contribution is 0.0139. The summed E-state index contributed by atoms with van der Waals surface area (Å²) in [7, 11) is 0. The molecule has 0 saturated heterocycles. The van der Waals surface area contributed by atoms with Gasteiger partial charge in [0.25, 0.3) is 0 Å². The highest BCUT2D eigenvalue weighted by Crippen LogP contribution is 2.39. The van der Waals surface area contributed by atoms with Gasteiger partial charge >= 0.3 is 0 Å². The van der Waals surface area contributed by atoms with Crippen molar-refractivity contribution in [3.63, 3.8) is 0 Å². The molecule has 0 radical (unpaired) electrons. The summed E-state index contributed by atoms with van der Waals surface area (Å²) < 4.78 is 1.71. The molecule has 1 aliphatic carbocycles. The maximum Gasteiger partial charge on any atom is 0.151 e. The van der Waals surface area contributed by atoms with Crippen LogP contribution in [0.5, 0.6) is 0 Å². The molecule has 0 spiro atoms. The van der Waals surface area contributed by atoms with Gasteiger partial charge in [0.15, 0.2) is 5.82 Å². The summed E-state index contributed by atoms with van der Waals surface area (Å²) in [5, 5.41) is 28.3. The van der Waals surface area contributed by atoms with Crippen LogP contribution in [0.4, 0.5) is 5.82 Å². The number of aliphatic hydroxyl groups excluding tert-OH is 2. The van der Waals surface area contributed by atoms with Crippen LogP contribution in [0.1, 0.15) is 31.9 Å². The molecule has 0 unspecified atom stereocenters. The van der Waals surface area contributed by atoms with Gasteiger partial charge in [0.05, 0.1) is 12.2 Å². The van der Waals surface area contributed by atoms with E-state index in [9.17, 15) is 10.2 Å². The first-order valence-electron chi connectivity index (χ1n) is 7.66. The van der Waals surface area contributed by atoms with Gasteiger partial charge in [0.2, 0.25) is 0 Å². The third kappa shape index (κ3) is 2.55. The molecule has 2 aromatic rings. The van der Waals surface area contributed by atoms with Crippen molar-refractivity contribution in [3.05, 3.63) is 24.2 Å². The number of hydrogen-bond donors (Lipinski definition) is 4. The maximum atomic E-state index is 10.4. The van der Waals surface area contributed by atoms with Crippen LogP contribution in [-0.2, 0) is 0 Å². The maximum absolute atomic E-state index is 10.4. The summed E-state index contributed by atoms with van der Waals surface area (Å²) in [4.78, 5) is 3.97. The van der Waals surface area contributed by atoms with Crippen molar-refractivity contribution in [1.29, 1.82) is 0 Å². The van der Waals surface area contributed by atoms with E-state index in [2.05, 4.69) is 29.2 Å². The number of nitrogen functional groups attached to an aromatic ring is 1. The molecule has 2 heterocycles. The fourth-order valence-electron chi connectivity index (χ4n) is 3.26. The van der Waals surface area contributed by atoms with Gasteiger partial charge in [0, 0.05) is 30.1 Å².